The Bertz CT molecular complexity index is 198. The molecule has 1 saturated heterocycles. The highest BCUT2D eigenvalue weighted by Crippen LogP contribution is 2.14. The maximum atomic E-state index is 11.1. The molecule has 3 atom stereocenters. The monoisotopic (exact) mass is 201 g/mol. The van der Waals surface area contributed by atoms with Gasteiger partial charge in [0.05, 0.1) is 13.2 Å². The molecular formula is C9H19N3O2. The van der Waals surface area contributed by atoms with Gasteiger partial charge in [-0.05, 0) is 13.0 Å². The third-order valence-corrected chi connectivity index (χ3v) is 2.67. The van der Waals surface area contributed by atoms with Gasteiger partial charge in [0.25, 0.3) is 0 Å². The lowest BCUT2D eigenvalue weighted by atomic mass is 9.91. The SMILES string of the molecule is COC(=O)NC1C(C)CN(C)CC1N. The molecule has 1 aliphatic heterocycles. The molecule has 0 saturated carbocycles. The van der Waals surface area contributed by atoms with Crippen LogP contribution in [-0.4, -0.2) is 50.3 Å². The van der Waals surface area contributed by atoms with Gasteiger partial charge in [-0.3, -0.25) is 0 Å². The van der Waals surface area contributed by atoms with Crippen molar-refractivity contribution in [1.29, 1.82) is 0 Å². The highest BCUT2D eigenvalue weighted by molar-refractivity contribution is 5.67. The molecule has 1 fully saturated rings. The van der Waals surface area contributed by atoms with Gasteiger partial charge in [-0.2, -0.15) is 0 Å². The Morgan fingerprint density at radius 3 is 2.71 bits per heavy atom. The summed E-state index contributed by atoms with van der Waals surface area (Å²) in [5, 5.41) is 2.78. The molecule has 1 rings (SSSR count). The van der Waals surface area contributed by atoms with Gasteiger partial charge in [-0.1, -0.05) is 6.92 Å². The number of nitrogens with one attached hydrogen (secondary N) is 1. The van der Waals surface area contributed by atoms with Crippen molar-refractivity contribution in [2.45, 2.75) is 19.0 Å². The Labute approximate surface area is 84.6 Å². The van der Waals surface area contributed by atoms with Crippen LogP contribution >= 0.6 is 0 Å². The van der Waals surface area contributed by atoms with Crippen molar-refractivity contribution in [3.05, 3.63) is 0 Å². The number of rotatable bonds is 1. The molecule has 0 aromatic heterocycles. The van der Waals surface area contributed by atoms with Crippen molar-refractivity contribution in [2.75, 3.05) is 27.2 Å². The van der Waals surface area contributed by atoms with Crippen LogP contribution in [0.1, 0.15) is 6.92 Å². The van der Waals surface area contributed by atoms with Crippen LogP contribution in [0.15, 0.2) is 0 Å². The van der Waals surface area contributed by atoms with Crippen LogP contribution < -0.4 is 11.1 Å². The summed E-state index contributed by atoms with van der Waals surface area (Å²) in [5.74, 6) is 0.350. The first-order valence-electron chi connectivity index (χ1n) is 4.83. The molecule has 0 aliphatic carbocycles. The number of ether oxygens (including phenoxy) is 1. The molecule has 5 nitrogen and oxygen atoms in total. The first-order chi connectivity index (χ1) is 6.54. The maximum Gasteiger partial charge on any atom is 0.407 e. The Morgan fingerprint density at radius 1 is 1.57 bits per heavy atom. The average molecular weight is 201 g/mol. The molecule has 1 aliphatic rings. The van der Waals surface area contributed by atoms with E-state index in [1.165, 1.54) is 7.11 Å². The van der Waals surface area contributed by atoms with E-state index >= 15 is 0 Å². The lowest BCUT2D eigenvalue weighted by Gasteiger charge is -2.39. The second kappa shape index (κ2) is 4.61. The van der Waals surface area contributed by atoms with Crippen LogP contribution in [0.3, 0.4) is 0 Å². The molecule has 82 valence electrons. The van der Waals surface area contributed by atoms with Crippen LogP contribution in [0.25, 0.3) is 0 Å². The molecule has 5 heteroatoms. The van der Waals surface area contributed by atoms with Gasteiger partial charge in [-0.25, -0.2) is 4.79 Å². The number of hydrogen-bond donors (Lipinski definition) is 2. The predicted molar refractivity (Wildman–Crippen MR) is 54.0 cm³/mol. The number of amides is 1. The van der Waals surface area contributed by atoms with Crippen LogP contribution in [-0.2, 0) is 4.74 Å². The van der Waals surface area contributed by atoms with Gasteiger partial charge in [0.2, 0.25) is 0 Å². The summed E-state index contributed by atoms with van der Waals surface area (Å²) < 4.78 is 4.56. The number of likely N-dealkylation sites (N-methyl/N-ethyl adjacent to an activating group) is 1. The summed E-state index contributed by atoms with van der Waals surface area (Å²) in [7, 11) is 3.39. The van der Waals surface area contributed by atoms with E-state index in [-0.39, 0.29) is 12.1 Å². The van der Waals surface area contributed by atoms with Crippen molar-refractivity contribution < 1.29 is 9.53 Å². The van der Waals surface area contributed by atoms with Crippen molar-refractivity contribution in [3.8, 4) is 0 Å². The predicted octanol–water partition coefficient (Wildman–Crippen LogP) is -0.380. The number of likely N-dealkylation sites (tertiary alicyclic amines) is 1. The van der Waals surface area contributed by atoms with Crippen molar-refractivity contribution in [3.63, 3.8) is 0 Å². The Hall–Kier alpha value is -0.810. The second-order valence-corrected chi connectivity index (χ2v) is 4.02. The molecule has 3 unspecified atom stereocenters. The lowest BCUT2D eigenvalue weighted by Crippen LogP contribution is -2.60. The van der Waals surface area contributed by atoms with Gasteiger partial charge in [0.15, 0.2) is 0 Å². The number of methoxy groups -OCH3 is 1. The van der Waals surface area contributed by atoms with Gasteiger partial charge < -0.3 is 20.7 Å². The lowest BCUT2D eigenvalue weighted by molar-refractivity contribution is 0.128. The fraction of sp³-hybridized carbons (Fsp3) is 0.889. The minimum atomic E-state index is -0.401. The molecular weight excluding hydrogens is 182 g/mol. The molecule has 0 radical (unpaired) electrons. The summed E-state index contributed by atoms with van der Waals surface area (Å²) in [4.78, 5) is 13.2. The standard InChI is InChI=1S/C9H19N3O2/c1-6-4-12(2)5-7(10)8(6)11-9(13)14-3/h6-8H,4-5,10H2,1-3H3,(H,11,13). The largest absolute Gasteiger partial charge is 0.453 e. The van der Waals surface area contributed by atoms with Crippen molar-refractivity contribution in [2.24, 2.45) is 11.7 Å². The van der Waals surface area contributed by atoms with Crippen molar-refractivity contribution >= 4 is 6.09 Å². The Morgan fingerprint density at radius 2 is 2.21 bits per heavy atom. The Kier molecular flexibility index (Phi) is 3.71. The zero-order chi connectivity index (χ0) is 10.7. The first kappa shape index (κ1) is 11.3. The highest BCUT2D eigenvalue weighted by atomic mass is 16.5. The van der Waals surface area contributed by atoms with E-state index in [1.54, 1.807) is 0 Å². The van der Waals surface area contributed by atoms with Crippen LogP contribution in [0.5, 0.6) is 0 Å². The number of carbonyl (C=O) groups excluding carboxylic acids is 1. The molecule has 14 heavy (non-hydrogen) atoms. The number of piperidine rings is 1. The summed E-state index contributed by atoms with van der Waals surface area (Å²) >= 11 is 0. The minimum absolute atomic E-state index is 0.0126. The average Bonchev–Trinajstić information content (AvgIpc) is 2.10. The van der Waals surface area contributed by atoms with E-state index in [0.29, 0.717) is 5.92 Å². The summed E-state index contributed by atoms with van der Waals surface area (Å²) in [5.41, 5.74) is 5.95. The first-order valence-corrected chi connectivity index (χ1v) is 4.83. The fourth-order valence-electron chi connectivity index (χ4n) is 2.02. The van der Waals surface area contributed by atoms with Gasteiger partial charge in [0.1, 0.15) is 0 Å². The van der Waals surface area contributed by atoms with Gasteiger partial charge >= 0.3 is 6.09 Å². The maximum absolute atomic E-state index is 11.1. The van der Waals surface area contributed by atoms with E-state index < -0.39 is 6.09 Å². The summed E-state index contributed by atoms with van der Waals surface area (Å²) in [6.07, 6.45) is -0.401. The second-order valence-electron chi connectivity index (χ2n) is 4.02. The number of nitrogens with two attached hydrogens (primary N) is 1. The quantitative estimate of drug-likeness (QED) is 0.607. The third-order valence-electron chi connectivity index (χ3n) is 2.67. The van der Waals surface area contributed by atoms with Crippen molar-refractivity contribution in [1.82, 2.24) is 10.2 Å². The molecule has 1 heterocycles. The summed E-state index contributed by atoms with van der Waals surface area (Å²) in [6.45, 7) is 3.83. The Balaban J connectivity index is 2.53. The van der Waals surface area contributed by atoms with Gasteiger partial charge in [0, 0.05) is 19.1 Å². The number of nitrogens with zero attached hydrogens (tertiary/aromatic N) is 1. The fourth-order valence-corrected chi connectivity index (χ4v) is 2.02. The molecule has 0 bridgehead atoms. The van der Waals surface area contributed by atoms with E-state index in [1.807, 2.05) is 7.05 Å². The van der Waals surface area contributed by atoms with Crippen LogP contribution in [0.4, 0.5) is 4.79 Å². The third kappa shape index (κ3) is 2.59. The number of hydrogen-bond acceptors (Lipinski definition) is 4. The molecule has 0 aromatic rings. The molecule has 3 N–H and O–H groups in total. The van der Waals surface area contributed by atoms with E-state index in [0.717, 1.165) is 13.1 Å². The highest BCUT2D eigenvalue weighted by Gasteiger charge is 2.31. The number of carbonyl (C=O) groups is 1. The zero-order valence-electron chi connectivity index (χ0n) is 8.99. The normalized spacial score (nSPS) is 33.9. The molecule has 0 spiro atoms. The van der Waals surface area contributed by atoms with Crippen LogP contribution in [0.2, 0.25) is 0 Å². The zero-order valence-corrected chi connectivity index (χ0v) is 8.99. The van der Waals surface area contributed by atoms with E-state index in [4.69, 9.17) is 5.73 Å². The van der Waals surface area contributed by atoms with Gasteiger partial charge in [-0.15, -0.1) is 0 Å². The number of alkyl carbamates (subject to hydrolysis) is 1. The van der Waals surface area contributed by atoms with E-state index in [2.05, 4.69) is 21.9 Å². The molecule has 1 amide bonds. The smallest absolute Gasteiger partial charge is 0.407 e. The van der Waals surface area contributed by atoms with E-state index in [9.17, 15) is 4.79 Å². The van der Waals surface area contributed by atoms with Crippen LogP contribution in [0, 0.1) is 5.92 Å². The molecule has 0 aromatic carbocycles. The topological polar surface area (TPSA) is 67.6 Å². The summed E-state index contributed by atoms with van der Waals surface area (Å²) in [6, 6.07) is -0.0125. The minimum Gasteiger partial charge on any atom is -0.453 e.